The molecule has 2 aromatic carbocycles. The van der Waals surface area contributed by atoms with Crippen LogP contribution in [0.1, 0.15) is 48.9 Å². The molecule has 0 spiro atoms. The first-order chi connectivity index (χ1) is 13.4. The molecule has 0 aliphatic heterocycles. The second kappa shape index (κ2) is 8.78. The maximum atomic E-state index is 13.3. The number of rotatable bonds is 7. The summed E-state index contributed by atoms with van der Waals surface area (Å²) in [5, 5.41) is 0.700. The standard InChI is InChI=1S/C23H28ClN3O/c1-5-12-27-21-13-18(24)10-11-20(21)25-22(27)15-26(14-16(2)3)23(28)19-9-7-6-8-17(19)4/h6-11,13,16H,5,12,14-15H2,1-4H3. The lowest BCUT2D eigenvalue weighted by molar-refractivity contribution is 0.0715. The molecule has 0 saturated heterocycles. The molecule has 1 amide bonds. The molecule has 5 heteroatoms. The van der Waals surface area contributed by atoms with E-state index in [1.54, 1.807) is 0 Å². The SMILES string of the molecule is CCCn1c(CN(CC(C)C)C(=O)c2ccccc2C)nc2ccc(Cl)cc21. The lowest BCUT2D eigenvalue weighted by atomic mass is 10.1. The summed E-state index contributed by atoms with van der Waals surface area (Å²) in [6, 6.07) is 13.5. The second-order valence-electron chi connectivity index (χ2n) is 7.71. The lowest BCUT2D eigenvalue weighted by Crippen LogP contribution is -2.35. The Balaban J connectivity index is 2.00. The zero-order valence-corrected chi connectivity index (χ0v) is 17.8. The number of aromatic nitrogens is 2. The van der Waals surface area contributed by atoms with Crippen LogP contribution in [0.15, 0.2) is 42.5 Å². The number of imidazole rings is 1. The van der Waals surface area contributed by atoms with Gasteiger partial charge in [-0.3, -0.25) is 4.79 Å². The van der Waals surface area contributed by atoms with Crippen molar-refractivity contribution >= 4 is 28.5 Å². The Morgan fingerprint density at radius 3 is 2.64 bits per heavy atom. The van der Waals surface area contributed by atoms with Crippen LogP contribution in [-0.4, -0.2) is 26.9 Å². The zero-order valence-electron chi connectivity index (χ0n) is 17.1. The molecule has 28 heavy (non-hydrogen) atoms. The fraction of sp³-hybridized carbons (Fsp3) is 0.391. The van der Waals surface area contributed by atoms with Crippen LogP contribution >= 0.6 is 11.6 Å². The maximum absolute atomic E-state index is 13.3. The van der Waals surface area contributed by atoms with Gasteiger partial charge in [-0.25, -0.2) is 4.98 Å². The van der Waals surface area contributed by atoms with Crippen molar-refractivity contribution < 1.29 is 4.79 Å². The third kappa shape index (κ3) is 4.39. The maximum Gasteiger partial charge on any atom is 0.254 e. The van der Waals surface area contributed by atoms with Crippen LogP contribution in [0.5, 0.6) is 0 Å². The minimum absolute atomic E-state index is 0.0555. The Morgan fingerprint density at radius 1 is 1.21 bits per heavy atom. The lowest BCUT2D eigenvalue weighted by Gasteiger charge is -2.25. The van der Waals surface area contributed by atoms with Crippen LogP contribution < -0.4 is 0 Å². The van der Waals surface area contributed by atoms with E-state index in [9.17, 15) is 4.79 Å². The molecule has 0 fully saturated rings. The predicted octanol–water partition coefficient (Wildman–Crippen LogP) is 5.71. The van der Waals surface area contributed by atoms with Crippen LogP contribution in [0, 0.1) is 12.8 Å². The Labute approximate surface area is 172 Å². The third-order valence-electron chi connectivity index (χ3n) is 4.82. The number of carbonyl (C=O) groups excluding carboxylic acids is 1. The molecule has 3 rings (SSSR count). The van der Waals surface area contributed by atoms with Crippen molar-refractivity contribution in [2.75, 3.05) is 6.54 Å². The summed E-state index contributed by atoms with van der Waals surface area (Å²) < 4.78 is 2.19. The monoisotopic (exact) mass is 397 g/mol. The number of carbonyl (C=O) groups is 1. The van der Waals surface area contributed by atoms with Crippen LogP contribution in [0.2, 0.25) is 5.02 Å². The topological polar surface area (TPSA) is 38.1 Å². The van der Waals surface area contributed by atoms with Gasteiger partial charge in [0.2, 0.25) is 0 Å². The van der Waals surface area contributed by atoms with Gasteiger partial charge in [-0.05, 0) is 49.1 Å². The number of nitrogens with zero attached hydrogens (tertiary/aromatic N) is 3. The van der Waals surface area contributed by atoms with Gasteiger partial charge < -0.3 is 9.47 Å². The summed E-state index contributed by atoms with van der Waals surface area (Å²) in [6.07, 6.45) is 0.987. The van der Waals surface area contributed by atoms with Crippen molar-refractivity contribution in [1.29, 1.82) is 0 Å². The molecule has 0 unspecified atom stereocenters. The van der Waals surface area contributed by atoms with Crippen molar-refractivity contribution in [3.8, 4) is 0 Å². The van der Waals surface area contributed by atoms with Crippen LogP contribution in [0.4, 0.5) is 0 Å². The Hall–Kier alpha value is -2.33. The Kier molecular flexibility index (Phi) is 6.40. The highest BCUT2D eigenvalue weighted by atomic mass is 35.5. The van der Waals surface area contributed by atoms with Gasteiger partial charge >= 0.3 is 0 Å². The molecule has 1 heterocycles. The summed E-state index contributed by atoms with van der Waals surface area (Å²) in [6.45, 7) is 10.4. The molecule has 0 saturated carbocycles. The van der Waals surface area contributed by atoms with E-state index in [-0.39, 0.29) is 5.91 Å². The quantitative estimate of drug-likeness (QED) is 0.512. The molecule has 0 atom stereocenters. The van der Waals surface area contributed by atoms with Gasteiger partial charge in [0.1, 0.15) is 5.82 Å². The van der Waals surface area contributed by atoms with E-state index in [4.69, 9.17) is 16.6 Å². The van der Waals surface area contributed by atoms with E-state index in [2.05, 4.69) is 25.3 Å². The first-order valence-electron chi connectivity index (χ1n) is 9.90. The van der Waals surface area contributed by atoms with Crippen molar-refractivity contribution in [2.45, 2.75) is 47.2 Å². The van der Waals surface area contributed by atoms with Crippen molar-refractivity contribution in [3.05, 3.63) is 64.4 Å². The van der Waals surface area contributed by atoms with E-state index >= 15 is 0 Å². The van der Waals surface area contributed by atoms with E-state index in [0.29, 0.717) is 24.0 Å². The smallest absolute Gasteiger partial charge is 0.254 e. The molecular weight excluding hydrogens is 370 g/mol. The molecule has 0 aliphatic carbocycles. The molecule has 4 nitrogen and oxygen atoms in total. The van der Waals surface area contributed by atoms with Crippen molar-refractivity contribution in [1.82, 2.24) is 14.5 Å². The fourth-order valence-corrected chi connectivity index (χ4v) is 3.72. The summed E-state index contributed by atoms with van der Waals surface area (Å²) >= 11 is 6.22. The Bertz CT molecular complexity index is 977. The number of halogens is 1. The van der Waals surface area contributed by atoms with E-state index in [0.717, 1.165) is 41.0 Å². The van der Waals surface area contributed by atoms with E-state index < -0.39 is 0 Å². The molecule has 0 bridgehead atoms. The summed E-state index contributed by atoms with van der Waals surface area (Å²) in [4.78, 5) is 20.1. The molecule has 0 N–H and O–H groups in total. The van der Waals surface area contributed by atoms with Gasteiger partial charge in [-0.2, -0.15) is 0 Å². The average molecular weight is 398 g/mol. The number of hydrogen-bond acceptors (Lipinski definition) is 2. The first-order valence-corrected chi connectivity index (χ1v) is 10.3. The highest BCUT2D eigenvalue weighted by molar-refractivity contribution is 6.31. The van der Waals surface area contributed by atoms with Gasteiger partial charge in [-0.15, -0.1) is 0 Å². The molecule has 0 radical (unpaired) electrons. The summed E-state index contributed by atoms with van der Waals surface area (Å²) in [5.41, 5.74) is 3.69. The van der Waals surface area contributed by atoms with Crippen molar-refractivity contribution in [2.24, 2.45) is 5.92 Å². The number of hydrogen-bond donors (Lipinski definition) is 0. The minimum atomic E-state index is 0.0555. The van der Waals surface area contributed by atoms with Crippen LogP contribution in [0.3, 0.4) is 0 Å². The van der Waals surface area contributed by atoms with Gasteiger partial charge in [0.25, 0.3) is 5.91 Å². The second-order valence-corrected chi connectivity index (χ2v) is 8.14. The fourth-order valence-electron chi connectivity index (χ4n) is 3.55. The average Bonchev–Trinajstić information content (AvgIpc) is 2.98. The molecule has 1 aromatic heterocycles. The van der Waals surface area contributed by atoms with Gasteiger partial charge in [-0.1, -0.05) is 50.6 Å². The molecule has 0 aliphatic rings. The number of aryl methyl sites for hydroxylation is 2. The number of benzene rings is 2. The number of amides is 1. The highest BCUT2D eigenvalue weighted by Gasteiger charge is 2.22. The molecule has 148 valence electrons. The van der Waals surface area contributed by atoms with Crippen LogP contribution in [-0.2, 0) is 13.1 Å². The van der Waals surface area contributed by atoms with Crippen LogP contribution in [0.25, 0.3) is 11.0 Å². The largest absolute Gasteiger partial charge is 0.331 e. The number of fused-ring (bicyclic) bond motifs is 1. The summed E-state index contributed by atoms with van der Waals surface area (Å²) in [5.74, 6) is 1.33. The minimum Gasteiger partial charge on any atom is -0.331 e. The van der Waals surface area contributed by atoms with E-state index in [1.165, 1.54) is 0 Å². The van der Waals surface area contributed by atoms with Crippen molar-refractivity contribution in [3.63, 3.8) is 0 Å². The van der Waals surface area contributed by atoms with Gasteiger partial charge in [0.15, 0.2) is 0 Å². The van der Waals surface area contributed by atoms with Gasteiger partial charge in [0, 0.05) is 23.7 Å². The zero-order chi connectivity index (χ0) is 20.3. The molecule has 3 aromatic rings. The molecular formula is C23H28ClN3O. The third-order valence-corrected chi connectivity index (χ3v) is 5.05. The normalized spacial score (nSPS) is 11.4. The van der Waals surface area contributed by atoms with E-state index in [1.807, 2.05) is 54.3 Å². The summed E-state index contributed by atoms with van der Waals surface area (Å²) in [7, 11) is 0. The van der Waals surface area contributed by atoms with Gasteiger partial charge in [0.05, 0.1) is 17.6 Å². The predicted molar refractivity (Wildman–Crippen MR) is 116 cm³/mol. The highest BCUT2D eigenvalue weighted by Crippen LogP contribution is 2.23. The Morgan fingerprint density at radius 2 is 1.96 bits per heavy atom. The first kappa shape index (κ1) is 20.4.